The Balaban J connectivity index is 1.24. The van der Waals surface area contributed by atoms with E-state index in [4.69, 9.17) is 0 Å². The summed E-state index contributed by atoms with van der Waals surface area (Å²) in [5.74, 6) is -0.0163. The molecule has 10 rings (SSSR count). The number of benzene rings is 5. The first-order valence-corrected chi connectivity index (χ1v) is 16.3. The SMILES string of the molecule is FC1=CC2=C(CC1)c1ccc(N3c4ccccc4N(c4ccccc4)c4ccccc43)cc1C21C2=C(CCC=C2)c2ccccc21. The van der Waals surface area contributed by atoms with Gasteiger partial charge in [0.25, 0.3) is 0 Å². The van der Waals surface area contributed by atoms with E-state index in [0.29, 0.717) is 6.42 Å². The van der Waals surface area contributed by atoms with E-state index in [9.17, 15) is 0 Å². The van der Waals surface area contributed by atoms with E-state index in [-0.39, 0.29) is 5.83 Å². The molecule has 0 radical (unpaired) electrons. The highest BCUT2D eigenvalue weighted by molar-refractivity contribution is 6.03. The molecule has 1 heterocycles. The van der Waals surface area contributed by atoms with Crippen molar-refractivity contribution in [3.8, 4) is 0 Å². The summed E-state index contributed by atoms with van der Waals surface area (Å²) in [4.78, 5) is 4.78. The highest BCUT2D eigenvalue weighted by Crippen LogP contribution is 2.65. The zero-order chi connectivity index (χ0) is 30.4. The third-order valence-corrected chi connectivity index (χ3v) is 10.6. The number of nitrogens with zero attached hydrogens (tertiary/aromatic N) is 2. The molecule has 1 unspecified atom stereocenters. The van der Waals surface area contributed by atoms with Crippen molar-refractivity contribution >= 4 is 45.3 Å². The Hall–Kier alpha value is -5.41. The molecule has 46 heavy (non-hydrogen) atoms. The number of rotatable bonds is 2. The molecule has 0 aromatic heterocycles. The molecule has 4 aliphatic carbocycles. The van der Waals surface area contributed by atoms with Crippen LogP contribution >= 0.6 is 0 Å². The number of hydrogen-bond acceptors (Lipinski definition) is 2. The molecule has 5 aromatic carbocycles. The summed E-state index contributed by atoms with van der Waals surface area (Å²) in [5.41, 5.74) is 16.5. The number of para-hydroxylation sites is 5. The van der Waals surface area contributed by atoms with Crippen LogP contribution in [0, 0.1) is 0 Å². The maximum Gasteiger partial charge on any atom is 0.101 e. The van der Waals surface area contributed by atoms with Crippen molar-refractivity contribution in [3.05, 3.63) is 179 Å². The molecule has 0 fully saturated rings. The maximum atomic E-state index is 15.3. The summed E-state index contributed by atoms with van der Waals surface area (Å²) in [6, 6.07) is 43.9. The fourth-order valence-corrected chi connectivity index (χ4v) is 8.87. The van der Waals surface area contributed by atoms with Crippen molar-refractivity contribution in [2.45, 2.75) is 31.1 Å². The first-order valence-electron chi connectivity index (χ1n) is 16.3. The number of allylic oxidation sites excluding steroid dienone is 8. The smallest absolute Gasteiger partial charge is 0.101 e. The van der Waals surface area contributed by atoms with Gasteiger partial charge in [-0.1, -0.05) is 84.9 Å². The van der Waals surface area contributed by atoms with Gasteiger partial charge in [0.2, 0.25) is 0 Å². The molecule has 0 N–H and O–H groups in total. The average Bonchev–Trinajstić information content (AvgIpc) is 3.57. The normalized spacial score (nSPS) is 20.2. The summed E-state index contributed by atoms with van der Waals surface area (Å²) in [5, 5.41) is 0. The van der Waals surface area contributed by atoms with Crippen molar-refractivity contribution in [2.75, 3.05) is 9.80 Å². The van der Waals surface area contributed by atoms with Crippen LogP contribution in [0.2, 0.25) is 0 Å². The van der Waals surface area contributed by atoms with Gasteiger partial charge >= 0.3 is 0 Å². The molecule has 2 nitrogen and oxygen atoms in total. The lowest BCUT2D eigenvalue weighted by Gasteiger charge is -2.41. The summed E-state index contributed by atoms with van der Waals surface area (Å²) in [6.07, 6.45) is 9.75. The van der Waals surface area contributed by atoms with Gasteiger partial charge < -0.3 is 9.80 Å². The lowest BCUT2D eigenvalue weighted by molar-refractivity contribution is 0.583. The highest BCUT2D eigenvalue weighted by atomic mass is 19.1. The van der Waals surface area contributed by atoms with Crippen molar-refractivity contribution < 1.29 is 4.39 Å². The van der Waals surface area contributed by atoms with Crippen LogP contribution in [0.15, 0.2) is 157 Å². The third kappa shape index (κ3) is 3.30. The molecule has 1 atom stereocenters. The monoisotopic (exact) mass is 594 g/mol. The van der Waals surface area contributed by atoms with Gasteiger partial charge in [0.15, 0.2) is 0 Å². The molecule has 0 saturated heterocycles. The lowest BCUT2D eigenvalue weighted by atomic mass is 9.67. The van der Waals surface area contributed by atoms with Crippen LogP contribution < -0.4 is 9.80 Å². The van der Waals surface area contributed by atoms with E-state index in [2.05, 4.69) is 143 Å². The van der Waals surface area contributed by atoms with Crippen molar-refractivity contribution in [2.24, 2.45) is 0 Å². The highest BCUT2D eigenvalue weighted by Gasteiger charge is 2.54. The summed E-state index contributed by atoms with van der Waals surface area (Å²) < 4.78 is 15.3. The zero-order valence-corrected chi connectivity index (χ0v) is 25.4. The first-order chi connectivity index (χ1) is 22.7. The van der Waals surface area contributed by atoms with Gasteiger partial charge in [0, 0.05) is 17.8 Å². The van der Waals surface area contributed by atoms with E-state index in [1.807, 2.05) is 6.08 Å². The van der Waals surface area contributed by atoms with Crippen LogP contribution in [0.3, 0.4) is 0 Å². The predicted molar refractivity (Wildman–Crippen MR) is 187 cm³/mol. The van der Waals surface area contributed by atoms with E-state index < -0.39 is 5.41 Å². The Labute approximate surface area is 268 Å². The minimum atomic E-state index is -0.522. The third-order valence-electron chi connectivity index (χ3n) is 10.6. The van der Waals surface area contributed by atoms with Gasteiger partial charge in [0.05, 0.1) is 28.2 Å². The van der Waals surface area contributed by atoms with E-state index in [0.717, 1.165) is 59.0 Å². The summed E-state index contributed by atoms with van der Waals surface area (Å²) >= 11 is 0. The summed E-state index contributed by atoms with van der Waals surface area (Å²) in [6.45, 7) is 0. The average molecular weight is 595 g/mol. The van der Waals surface area contributed by atoms with Crippen LogP contribution in [0.4, 0.5) is 38.5 Å². The molecule has 0 saturated carbocycles. The van der Waals surface area contributed by atoms with Crippen LogP contribution in [0.1, 0.15) is 47.9 Å². The van der Waals surface area contributed by atoms with Gasteiger partial charge in [-0.25, -0.2) is 4.39 Å². The minimum absolute atomic E-state index is 0.0163. The largest absolute Gasteiger partial charge is 0.306 e. The van der Waals surface area contributed by atoms with E-state index >= 15 is 4.39 Å². The quantitative estimate of drug-likeness (QED) is 0.197. The van der Waals surface area contributed by atoms with Crippen LogP contribution in [-0.2, 0) is 5.41 Å². The van der Waals surface area contributed by atoms with Gasteiger partial charge in [-0.05, 0) is 118 Å². The summed E-state index contributed by atoms with van der Waals surface area (Å²) in [7, 11) is 0. The second kappa shape index (κ2) is 9.55. The molecule has 5 aliphatic rings. The lowest BCUT2D eigenvalue weighted by Crippen LogP contribution is -2.29. The predicted octanol–water partition coefficient (Wildman–Crippen LogP) is 11.8. The number of halogens is 1. The second-order valence-electron chi connectivity index (χ2n) is 12.8. The Morgan fingerprint density at radius 1 is 0.522 bits per heavy atom. The topological polar surface area (TPSA) is 6.48 Å². The number of fused-ring (bicyclic) bond motifs is 10. The maximum absolute atomic E-state index is 15.3. The first kappa shape index (κ1) is 25.9. The Morgan fingerprint density at radius 2 is 1.13 bits per heavy atom. The number of hydrogen-bond donors (Lipinski definition) is 0. The molecular formula is C43H31FN2. The minimum Gasteiger partial charge on any atom is -0.306 e. The van der Waals surface area contributed by atoms with Crippen LogP contribution in [0.5, 0.6) is 0 Å². The number of anilines is 6. The molecule has 1 aliphatic heterocycles. The standard InChI is InChI=1S/C43H31FN2/c44-28-22-24-33-34-25-23-30(27-38(34)43(37(33)26-28)35-16-6-4-14-31(35)32-15-5-7-17-36(32)43)46-41-20-10-8-18-39(41)45(29-12-2-1-3-13-29)40-19-9-11-21-42(40)46/h1-4,6-14,16-21,23,25-27H,5,15,22,24H2. The molecule has 1 spiro atoms. The van der Waals surface area contributed by atoms with Crippen molar-refractivity contribution in [1.29, 1.82) is 0 Å². The van der Waals surface area contributed by atoms with Crippen LogP contribution in [0.25, 0.3) is 11.1 Å². The second-order valence-corrected chi connectivity index (χ2v) is 12.8. The van der Waals surface area contributed by atoms with Gasteiger partial charge in [-0.15, -0.1) is 0 Å². The molecule has 0 bridgehead atoms. The van der Waals surface area contributed by atoms with E-state index in [1.54, 1.807) is 0 Å². The zero-order valence-electron chi connectivity index (χ0n) is 25.4. The van der Waals surface area contributed by atoms with Gasteiger partial charge in [0.1, 0.15) is 5.83 Å². The van der Waals surface area contributed by atoms with Gasteiger partial charge in [-0.2, -0.15) is 0 Å². The molecule has 220 valence electrons. The van der Waals surface area contributed by atoms with Crippen LogP contribution in [-0.4, -0.2) is 0 Å². The van der Waals surface area contributed by atoms with E-state index in [1.165, 1.54) is 39.0 Å². The fourth-order valence-electron chi connectivity index (χ4n) is 8.87. The molecule has 3 heteroatoms. The molecular weight excluding hydrogens is 563 g/mol. The Morgan fingerprint density at radius 3 is 1.87 bits per heavy atom. The van der Waals surface area contributed by atoms with Crippen molar-refractivity contribution in [3.63, 3.8) is 0 Å². The molecule has 0 amide bonds. The molecule has 5 aromatic rings. The Bertz CT molecular complexity index is 2190. The fraction of sp³-hybridized carbons (Fsp3) is 0.116. The van der Waals surface area contributed by atoms with Gasteiger partial charge in [-0.3, -0.25) is 0 Å². The van der Waals surface area contributed by atoms with Crippen molar-refractivity contribution in [1.82, 2.24) is 0 Å². The Kier molecular flexibility index (Phi) is 5.37.